The van der Waals surface area contributed by atoms with Crippen LogP contribution in [0.1, 0.15) is 22.6 Å². The molecule has 0 aliphatic rings. The third-order valence-corrected chi connectivity index (χ3v) is 2.88. The molecule has 2 heterocycles. The van der Waals surface area contributed by atoms with Crippen LogP contribution in [0.4, 0.5) is 0 Å². The predicted molar refractivity (Wildman–Crippen MR) is 79.2 cm³/mol. The van der Waals surface area contributed by atoms with Gasteiger partial charge in [-0.3, -0.25) is 4.98 Å². The summed E-state index contributed by atoms with van der Waals surface area (Å²) in [6.07, 6.45) is 1.46. The molecule has 0 aliphatic carbocycles. The number of nitriles is 1. The molecule has 0 radical (unpaired) electrons. The maximum absolute atomic E-state index is 8.86. The van der Waals surface area contributed by atoms with Crippen molar-refractivity contribution in [3.8, 4) is 17.9 Å². The lowest BCUT2D eigenvalue weighted by Crippen LogP contribution is -1.89. The molecule has 0 atom stereocenters. The Morgan fingerprint density at radius 3 is 2.67 bits per heavy atom. The van der Waals surface area contributed by atoms with E-state index in [1.54, 1.807) is 0 Å². The Morgan fingerprint density at radius 2 is 1.86 bits per heavy atom. The molecule has 1 aromatic carbocycles. The van der Waals surface area contributed by atoms with Crippen molar-refractivity contribution in [2.45, 2.75) is 6.92 Å². The summed E-state index contributed by atoms with van der Waals surface area (Å²) in [6, 6.07) is 13.3. The smallest absolute Gasteiger partial charge is 0.159 e. The Morgan fingerprint density at radius 1 is 0.952 bits per heavy atom. The van der Waals surface area contributed by atoms with Crippen molar-refractivity contribution >= 4 is 11.0 Å². The number of aryl methyl sites for hydroxylation is 1. The average Bonchev–Trinajstić information content (AvgIpc) is 2.52. The monoisotopic (exact) mass is 270 g/mol. The minimum atomic E-state index is 0.299. The average molecular weight is 270 g/mol. The van der Waals surface area contributed by atoms with E-state index in [-0.39, 0.29) is 0 Å². The maximum atomic E-state index is 8.86. The van der Waals surface area contributed by atoms with Crippen LogP contribution in [0.5, 0.6) is 0 Å². The number of hydrogen-bond donors (Lipinski definition) is 0. The van der Waals surface area contributed by atoms with E-state index in [2.05, 4.69) is 26.8 Å². The van der Waals surface area contributed by atoms with Gasteiger partial charge in [0.05, 0.1) is 17.2 Å². The third kappa shape index (κ3) is 2.86. The molecule has 0 saturated heterocycles. The van der Waals surface area contributed by atoms with E-state index < -0.39 is 0 Å². The molecule has 0 aliphatic heterocycles. The van der Waals surface area contributed by atoms with Gasteiger partial charge < -0.3 is 0 Å². The second-order valence-electron chi connectivity index (χ2n) is 4.48. The van der Waals surface area contributed by atoms with Crippen LogP contribution in [0, 0.1) is 30.1 Å². The zero-order chi connectivity index (χ0) is 14.7. The van der Waals surface area contributed by atoms with Gasteiger partial charge >= 0.3 is 0 Å². The normalized spacial score (nSPS) is 9.71. The molecule has 2 aromatic heterocycles. The Balaban J connectivity index is 2.00. The molecule has 3 rings (SSSR count). The van der Waals surface area contributed by atoms with Crippen molar-refractivity contribution in [1.82, 2.24) is 15.0 Å². The van der Waals surface area contributed by atoms with Gasteiger partial charge in [0.1, 0.15) is 11.8 Å². The zero-order valence-electron chi connectivity index (χ0n) is 11.3. The van der Waals surface area contributed by atoms with Crippen molar-refractivity contribution in [2.75, 3.05) is 0 Å². The van der Waals surface area contributed by atoms with Crippen LogP contribution in [0.2, 0.25) is 0 Å². The highest BCUT2D eigenvalue weighted by Gasteiger charge is 1.99. The fourth-order valence-electron chi connectivity index (χ4n) is 1.89. The first-order valence-corrected chi connectivity index (χ1v) is 6.37. The molecule has 98 valence electrons. The largest absolute Gasteiger partial charge is 0.252 e. The summed E-state index contributed by atoms with van der Waals surface area (Å²) in [4.78, 5) is 12.7. The van der Waals surface area contributed by atoms with Crippen molar-refractivity contribution in [1.29, 1.82) is 5.26 Å². The van der Waals surface area contributed by atoms with Crippen LogP contribution < -0.4 is 0 Å². The summed E-state index contributed by atoms with van der Waals surface area (Å²) < 4.78 is 0. The van der Waals surface area contributed by atoms with Crippen molar-refractivity contribution in [3.05, 3.63) is 65.2 Å². The lowest BCUT2D eigenvalue weighted by atomic mass is 10.2. The van der Waals surface area contributed by atoms with Gasteiger partial charge in [-0.1, -0.05) is 12.0 Å². The summed E-state index contributed by atoms with van der Waals surface area (Å²) in [5.41, 5.74) is 4.19. The van der Waals surface area contributed by atoms with Crippen LogP contribution in [0.3, 0.4) is 0 Å². The standard InChI is InChI=1S/C17H10N4/c1-12-3-2-4-14(20-12)7-5-13-6-8-16-17(9-13)21-15(10-18)11-19-16/h2-4,6,8-9,11H,1H3. The number of rotatable bonds is 0. The maximum Gasteiger partial charge on any atom is 0.159 e. The minimum absolute atomic E-state index is 0.299. The van der Waals surface area contributed by atoms with E-state index in [0.29, 0.717) is 11.2 Å². The molecule has 0 fully saturated rings. The summed E-state index contributed by atoms with van der Waals surface area (Å²) >= 11 is 0. The second kappa shape index (κ2) is 5.40. The third-order valence-electron chi connectivity index (χ3n) is 2.88. The minimum Gasteiger partial charge on any atom is -0.252 e. The highest BCUT2D eigenvalue weighted by atomic mass is 14.8. The predicted octanol–water partition coefficient (Wildman–Crippen LogP) is 2.60. The molecule has 0 spiro atoms. The van der Waals surface area contributed by atoms with E-state index in [1.165, 1.54) is 6.20 Å². The number of hydrogen-bond acceptors (Lipinski definition) is 4. The Labute approximate surface area is 122 Å². The van der Waals surface area contributed by atoms with Crippen LogP contribution in [0.15, 0.2) is 42.6 Å². The molecule has 3 aromatic rings. The van der Waals surface area contributed by atoms with Gasteiger partial charge in [-0.15, -0.1) is 0 Å². The van der Waals surface area contributed by atoms with E-state index in [9.17, 15) is 0 Å². The van der Waals surface area contributed by atoms with Gasteiger partial charge in [-0.2, -0.15) is 5.26 Å². The number of pyridine rings is 1. The van der Waals surface area contributed by atoms with Crippen molar-refractivity contribution < 1.29 is 0 Å². The van der Waals surface area contributed by atoms with Crippen LogP contribution in [-0.2, 0) is 0 Å². The Bertz CT molecular complexity index is 927. The second-order valence-corrected chi connectivity index (χ2v) is 4.48. The van der Waals surface area contributed by atoms with Gasteiger partial charge in [0.25, 0.3) is 0 Å². The topological polar surface area (TPSA) is 62.5 Å². The van der Waals surface area contributed by atoms with Crippen LogP contribution >= 0.6 is 0 Å². The molecule has 0 saturated carbocycles. The molecular weight excluding hydrogens is 260 g/mol. The van der Waals surface area contributed by atoms with Crippen molar-refractivity contribution in [3.63, 3.8) is 0 Å². The summed E-state index contributed by atoms with van der Waals surface area (Å²) in [7, 11) is 0. The highest BCUT2D eigenvalue weighted by Crippen LogP contribution is 2.11. The van der Waals surface area contributed by atoms with Crippen LogP contribution in [-0.4, -0.2) is 15.0 Å². The van der Waals surface area contributed by atoms with E-state index in [1.807, 2.05) is 49.4 Å². The fourth-order valence-corrected chi connectivity index (χ4v) is 1.89. The number of benzene rings is 1. The van der Waals surface area contributed by atoms with Gasteiger partial charge in [-0.05, 0) is 43.2 Å². The number of nitrogens with zero attached hydrogens (tertiary/aromatic N) is 4. The quantitative estimate of drug-likeness (QED) is 0.589. The molecule has 4 heteroatoms. The van der Waals surface area contributed by atoms with Gasteiger partial charge in [0, 0.05) is 11.3 Å². The van der Waals surface area contributed by atoms with Gasteiger partial charge in [0.15, 0.2) is 5.69 Å². The molecule has 0 N–H and O–H groups in total. The number of fused-ring (bicyclic) bond motifs is 1. The summed E-state index contributed by atoms with van der Waals surface area (Å²) in [5.74, 6) is 6.08. The lowest BCUT2D eigenvalue weighted by Gasteiger charge is -1.97. The molecule has 0 amide bonds. The fraction of sp³-hybridized carbons (Fsp3) is 0.0588. The first-order valence-electron chi connectivity index (χ1n) is 6.37. The van der Waals surface area contributed by atoms with Gasteiger partial charge in [-0.25, -0.2) is 9.97 Å². The van der Waals surface area contributed by atoms with E-state index in [4.69, 9.17) is 5.26 Å². The summed E-state index contributed by atoms with van der Waals surface area (Å²) in [6.45, 7) is 1.93. The SMILES string of the molecule is Cc1cccc(C#Cc2ccc3ncc(C#N)nc3c2)n1. The summed E-state index contributed by atoms with van der Waals surface area (Å²) in [5, 5.41) is 8.86. The Kier molecular flexibility index (Phi) is 3.29. The zero-order valence-corrected chi connectivity index (χ0v) is 11.3. The van der Waals surface area contributed by atoms with E-state index >= 15 is 0 Å². The molecule has 21 heavy (non-hydrogen) atoms. The van der Waals surface area contributed by atoms with Crippen LogP contribution in [0.25, 0.3) is 11.0 Å². The lowest BCUT2D eigenvalue weighted by molar-refractivity contribution is 1.18. The molecule has 0 bridgehead atoms. The number of aromatic nitrogens is 3. The highest BCUT2D eigenvalue weighted by molar-refractivity contribution is 5.76. The van der Waals surface area contributed by atoms with Gasteiger partial charge in [0.2, 0.25) is 0 Å². The molecule has 4 nitrogen and oxygen atoms in total. The molecule has 0 unspecified atom stereocenters. The molecular formula is C17H10N4. The van der Waals surface area contributed by atoms with Crippen molar-refractivity contribution in [2.24, 2.45) is 0 Å². The first kappa shape index (κ1) is 12.8. The van der Waals surface area contributed by atoms with E-state index in [0.717, 1.165) is 22.5 Å². The first-order chi connectivity index (χ1) is 10.2. The Hall–Kier alpha value is -3.24.